The second-order valence-corrected chi connectivity index (χ2v) is 4.01. The highest BCUT2D eigenvalue weighted by Gasteiger charge is 2.04. The predicted molar refractivity (Wildman–Crippen MR) is 67.4 cm³/mol. The highest BCUT2D eigenvalue weighted by molar-refractivity contribution is 7.80. The summed E-state index contributed by atoms with van der Waals surface area (Å²) in [5.41, 5.74) is 0.594. The quantitative estimate of drug-likeness (QED) is 0.798. The third kappa shape index (κ3) is 3.66. The van der Waals surface area contributed by atoms with E-state index in [1.807, 2.05) is 13.8 Å². The Bertz CT molecular complexity index is 382. The molecule has 88 valence electrons. The van der Waals surface area contributed by atoms with E-state index in [2.05, 4.69) is 10.6 Å². The van der Waals surface area contributed by atoms with Crippen molar-refractivity contribution in [1.82, 2.24) is 5.32 Å². The van der Waals surface area contributed by atoms with Gasteiger partial charge in [-0.15, -0.1) is 0 Å². The lowest BCUT2D eigenvalue weighted by Gasteiger charge is -2.13. The molecule has 0 atom stereocenters. The molecule has 0 aliphatic rings. The summed E-state index contributed by atoms with van der Waals surface area (Å²) in [6.45, 7) is 3.95. The fourth-order valence-corrected chi connectivity index (χ4v) is 1.53. The van der Waals surface area contributed by atoms with Crippen molar-refractivity contribution in [3.8, 4) is 5.75 Å². The summed E-state index contributed by atoms with van der Waals surface area (Å²) >= 11 is 5.04. The van der Waals surface area contributed by atoms with Crippen LogP contribution in [0.15, 0.2) is 18.2 Å². The smallest absolute Gasteiger partial charge is 0.170 e. The number of anilines is 1. The van der Waals surface area contributed by atoms with E-state index >= 15 is 0 Å². The normalized spacial score (nSPS) is 10.1. The van der Waals surface area contributed by atoms with Gasteiger partial charge in [0.1, 0.15) is 0 Å². The van der Waals surface area contributed by atoms with Gasteiger partial charge in [0, 0.05) is 17.8 Å². The van der Waals surface area contributed by atoms with Crippen LogP contribution >= 0.6 is 12.2 Å². The largest absolute Gasteiger partial charge is 0.494 e. The summed E-state index contributed by atoms with van der Waals surface area (Å²) in [6, 6.07) is 4.84. The maximum absolute atomic E-state index is 13.3. The summed E-state index contributed by atoms with van der Waals surface area (Å²) < 4.78 is 18.2. The molecule has 0 aromatic heterocycles. The van der Waals surface area contributed by atoms with Gasteiger partial charge >= 0.3 is 0 Å². The molecule has 0 spiro atoms. The van der Waals surface area contributed by atoms with Crippen LogP contribution in [0.2, 0.25) is 0 Å². The fourth-order valence-electron chi connectivity index (χ4n) is 1.17. The highest BCUT2D eigenvalue weighted by Crippen LogP contribution is 2.20. The first-order chi connectivity index (χ1) is 7.52. The number of hydrogen-bond donors (Lipinski definition) is 2. The first-order valence-corrected chi connectivity index (χ1v) is 5.35. The van der Waals surface area contributed by atoms with Gasteiger partial charge in [0.15, 0.2) is 16.7 Å². The Morgan fingerprint density at radius 3 is 2.62 bits per heavy atom. The lowest BCUT2D eigenvalue weighted by Crippen LogP contribution is -2.33. The molecule has 3 nitrogen and oxygen atoms in total. The summed E-state index contributed by atoms with van der Waals surface area (Å²) in [7, 11) is 1.43. The van der Waals surface area contributed by atoms with Gasteiger partial charge in [-0.1, -0.05) is 0 Å². The van der Waals surface area contributed by atoms with E-state index in [-0.39, 0.29) is 11.8 Å². The van der Waals surface area contributed by atoms with Crippen molar-refractivity contribution in [1.29, 1.82) is 0 Å². The molecule has 0 aliphatic heterocycles. The molecule has 0 amide bonds. The minimum atomic E-state index is -0.417. The molecule has 0 unspecified atom stereocenters. The molecule has 0 saturated carbocycles. The van der Waals surface area contributed by atoms with Crippen molar-refractivity contribution in [2.45, 2.75) is 19.9 Å². The molecule has 0 saturated heterocycles. The Morgan fingerprint density at radius 1 is 1.44 bits per heavy atom. The first kappa shape index (κ1) is 12.7. The maximum Gasteiger partial charge on any atom is 0.170 e. The average Bonchev–Trinajstić information content (AvgIpc) is 2.16. The zero-order chi connectivity index (χ0) is 12.1. The molecule has 1 rings (SSSR count). The molecule has 5 heteroatoms. The molecular weight excluding hydrogens is 227 g/mol. The number of rotatable bonds is 3. The molecule has 0 heterocycles. The van der Waals surface area contributed by atoms with E-state index in [0.29, 0.717) is 10.8 Å². The molecule has 0 fully saturated rings. The number of ether oxygens (including phenoxy) is 1. The summed E-state index contributed by atoms with van der Waals surface area (Å²) in [5, 5.41) is 6.37. The molecule has 0 radical (unpaired) electrons. The minimum absolute atomic E-state index is 0.216. The van der Waals surface area contributed by atoms with Crippen LogP contribution in [0.1, 0.15) is 13.8 Å². The van der Waals surface area contributed by atoms with Gasteiger partial charge in [0.05, 0.1) is 7.11 Å². The van der Waals surface area contributed by atoms with Gasteiger partial charge in [-0.25, -0.2) is 4.39 Å². The molecular formula is C11H15FN2OS. The van der Waals surface area contributed by atoms with E-state index in [1.54, 1.807) is 12.1 Å². The van der Waals surface area contributed by atoms with Crippen LogP contribution in [0.4, 0.5) is 10.1 Å². The zero-order valence-corrected chi connectivity index (χ0v) is 10.3. The average molecular weight is 242 g/mol. The van der Waals surface area contributed by atoms with Crippen LogP contribution in [0.3, 0.4) is 0 Å². The van der Waals surface area contributed by atoms with Crippen molar-refractivity contribution in [2.75, 3.05) is 12.4 Å². The lowest BCUT2D eigenvalue weighted by atomic mass is 10.3. The van der Waals surface area contributed by atoms with Gasteiger partial charge < -0.3 is 15.4 Å². The topological polar surface area (TPSA) is 33.3 Å². The van der Waals surface area contributed by atoms with Gasteiger partial charge in [0.2, 0.25) is 0 Å². The number of thiocarbonyl (C=S) groups is 1. The first-order valence-electron chi connectivity index (χ1n) is 4.94. The molecule has 0 bridgehead atoms. The van der Waals surface area contributed by atoms with E-state index < -0.39 is 5.82 Å². The highest BCUT2D eigenvalue weighted by atomic mass is 32.1. The SMILES string of the molecule is COc1ccc(NC(=S)NC(C)C)cc1F. The third-order valence-corrected chi connectivity index (χ3v) is 2.05. The number of methoxy groups -OCH3 is 1. The number of nitrogens with one attached hydrogen (secondary N) is 2. The minimum Gasteiger partial charge on any atom is -0.494 e. The van der Waals surface area contributed by atoms with Crippen molar-refractivity contribution < 1.29 is 9.13 Å². The Kier molecular flexibility index (Phi) is 4.49. The van der Waals surface area contributed by atoms with Crippen LogP contribution in [0.25, 0.3) is 0 Å². The van der Waals surface area contributed by atoms with Gasteiger partial charge in [0.25, 0.3) is 0 Å². The van der Waals surface area contributed by atoms with Crippen molar-refractivity contribution in [2.24, 2.45) is 0 Å². The van der Waals surface area contributed by atoms with Crippen molar-refractivity contribution >= 4 is 23.0 Å². The van der Waals surface area contributed by atoms with Gasteiger partial charge in [-0.05, 0) is 38.2 Å². The van der Waals surface area contributed by atoms with E-state index in [9.17, 15) is 4.39 Å². The number of halogens is 1. The standard InChI is InChI=1S/C11H15FN2OS/c1-7(2)13-11(16)14-8-4-5-10(15-3)9(12)6-8/h4-7H,1-3H3,(H2,13,14,16). The van der Waals surface area contributed by atoms with E-state index in [1.165, 1.54) is 13.2 Å². The van der Waals surface area contributed by atoms with Crippen LogP contribution in [-0.2, 0) is 0 Å². The zero-order valence-electron chi connectivity index (χ0n) is 9.50. The summed E-state index contributed by atoms with van der Waals surface area (Å²) in [6.07, 6.45) is 0. The van der Waals surface area contributed by atoms with Crippen molar-refractivity contribution in [3.05, 3.63) is 24.0 Å². The maximum atomic E-state index is 13.3. The van der Waals surface area contributed by atoms with Crippen LogP contribution < -0.4 is 15.4 Å². The Balaban J connectivity index is 2.68. The van der Waals surface area contributed by atoms with E-state index in [4.69, 9.17) is 17.0 Å². The second kappa shape index (κ2) is 5.65. The van der Waals surface area contributed by atoms with Crippen LogP contribution in [0.5, 0.6) is 5.75 Å². The summed E-state index contributed by atoms with van der Waals surface area (Å²) in [5.74, 6) is -0.201. The molecule has 2 N–H and O–H groups in total. The predicted octanol–water partition coefficient (Wildman–Crippen LogP) is 2.53. The van der Waals surface area contributed by atoms with Crippen LogP contribution in [0, 0.1) is 5.82 Å². The summed E-state index contributed by atoms with van der Waals surface area (Å²) in [4.78, 5) is 0. The second-order valence-electron chi connectivity index (χ2n) is 3.60. The lowest BCUT2D eigenvalue weighted by molar-refractivity contribution is 0.386. The molecule has 1 aromatic carbocycles. The third-order valence-electron chi connectivity index (χ3n) is 1.83. The molecule has 0 aliphatic carbocycles. The number of hydrogen-bond acceptors (Lipinski definition) is 2. The monoisotopic (exact) mass is 242 g/mol. The molecule has 16 heavy (non-hydrogen) atoms. The van der Waals surface area contributed by atoms with Crippen molar-refractivity contribution in [3.63, 3.8) is 0 Å². The van der Waals surface area contributed by atoms with Crippen LogP contribution in [-0.4, -0.2) is 18.3 Å². The molecule has 1 aromatic rings. The number of benzene rings is 1. The van der Waals surface area contributed by atoms with Gasteiger partial charge in [-0.2, -0.15) is 0 Å². The fraction of sp³-hybridized carbons (Fsp3) is 0.364. The Labute approximate surface area is 100.0 Å². The Morgan fingerprint density at radius 2 is 2.12 bits per heavy atom. The Hall–Kier alpha value is -1.36. The van der Waals surface area contributed by atoms with Gasteiger partial charge in [-0.3, -0.25) is 0 Å². The van der Waals surface area contributed by atoms with E-state index in [0.717, 1.165) is 0 Å².